The number of hydrogen-bond acceptors (Lipinski definition) is 6. The van der Waals surface area contributed by atoms with Crippen molar-refractivity contribution in [3.8, 4) is 0 Å². The average Bonchev–Trinajstić information content (AvgIpc) is 2.73. The fourth-order valence-corrected chi connectivity index (χ4v) is 3.24. The zero-order chi connectivity index (χ0) is 14.0. The zero-order valence-corrected chi connectivity index (χ0v) is 11.8. The van der Waals surface area contributed by atoms with E-state index < -0.39 is 19.9 Å². The van der Waals surface area contributed by atoms with Crippen LogP contribution in [0, 0.1) is 0 Å². The van der Waals surface area contributed by atoms with E-state index in [-0.39, 0.29) is 23.9 Å². The number of nitrogens with one attached hydrogen (secondary N) is 1. The minimum absolute atomic E-state index is 0.0327. The van der Waals surface area contributed by atoms with E-state index in [9.17, 15) is 16.8 Å². The highest BCUT2D eigenvalue weighted by atomic mass is 32.2. The van der Waals surface area contributed by atoms with Gasteiger partial charge in [0.25, 0.3) is 10.0 Å². The molecular weight excluding hydrogens is 280 g/mol. The minimum Gasteiger partial charge on any atom is -0.326 e. The Morgan fingerprint density at radius 2 is 2.00 bits per heavy atom. The highest BCUT2D eigenvalue weighted by Gasteiger charge is 2.25. The van der Waals surface area contributed by atoms with Crippen LogP contribution >= 0.6 is 0 Å². The lowest BCUT2D eigenvalue weighted by Crippen LogP contribution is -2.32. The van der Waals surface area contributed by atoms with E-state index in [4.69, 9.17) is 5.73 Å². The second-order valence-corrected chi connectivity index (χ2v) is 8.13. The van der Waals surface area contributed by atoms with Gasteiger partial charge in [0.1, 0.15) is 9.84 Å². The zero-order valence-electron chi connectivity index (χ0n) is 10.1. The van der Waals surface area contributed by atoms with E-state index in [1.807, 2.05) is 0 Å². The number of rotatable bonds is 6. The summed E-state index contributed by atoms with van der Waals surface area (Å²) >= 11 is 0. The molecule has 0 atom stereocenters. The molecule has 0 aliphatic rings. The molecule has 0 saturated carbocycles. The molecule has 0 saturated heterocycles. The molecule has 10 heteroatoms. The number of hydrogen-bond donors (Lipinski definition) is 2. The molecule has 0 aliphatic carbocycles. The molecule has 3 N–H and O–H groups in total. The molecule has 8 nitrogen and oxygen atoms in total. The number of nitrogens with two attached hydrogens (primary N) is 1. The Hall–Kier alpha value is -0.970. The minimum atomic E-state index is -3.79. The van der Waals surface area contributed by atoms with Gasteiger partial charge in [-0.15, -0.1) is 0 Å². The summed E-state index contributed by atoms with van der Waals surface area (Å²) in [6, 6.07) is 0. The van der Waals surface area contributed by atoms with E-state index in [1.54, 1.807) is 0 Å². The fraction of sp³-hybridized carbons (Fsp3) is 0.625. The predicted molar refractivity (Wildman–Crippen MR) is 66.0 cm³/mol. The van der Waals surface area contributed by atoms with Crippen LogP contribution in [0.2, 0.25) is 0 Å². The Labute approximate surface area is 106 Å². The Bertz CT molecular complexity index is 605. The summed E-state index contributed by atoms with van der Waals surface area (Å²) in [4.78, 5) is 0. The quantitative estimate of drug-likeness (QED) is 0.660. The SMILES string of the molecule is CN(CCS(C)(=O)=O)S(=O)(=O)c1[nH]ncc1CN. The van der Waals surface area contributed by atoms with E-state index in [2.05, 4.69) is 10.2 Å². The van der Waals surface area contributed by atoms with Gasteiger partial charge in [-0.1, -0.05) is 0 Å². The van der Waals surface area contributed by atoms with Crippen molar-refractivity contribution in [1.82, 2.24) is 14.5 Å². The first kappa shape index (κ1) is 15.1. The van der Waals surface area contributed by atoms with Gasteiger partial charge < -0.3 is 5.73 Å². The molecule has 104 valence electrons. The topological polar surface area (TPSA) is 126 Å². The molecule has 1 rings (SSSR count). The predicted octanol–water partition coefficient (Wildman–Crippen LogP) is -1.47. The molecule has 18 heavy (non-hydrogen) atoms. The number of aromatic nitrogens is 2. The molecule has 1 heterocycles. The van der Waals surface area contributed by atoms with Crippen LogP contribution in [0.5, 0.6) is 0 Å². The molecule has 1 aromatic rings. The highest BCUT2D eigenvalue weighted by molar-refractivity contribution is 7.91. The van der Waals surface area contributed by atoms with Crippen molar-refractivity contribution >= 4 is 19.9 Å². The Kier molecular flexibility index (Phi) is 4.48. The van der Waals surface area contributed by atoms with Crippen molar-refractivity contribution in [3.05, 3.63) is 11.8 Å². The third kappa shape index (κ3) is 3.51. The molecule has 0 bridgehead atoms. The molecule has 0 radical (unpaired) electrons. The molecular formula is C8H16N4O4S2. The van der Waals surface area contributed by atoms with Crippen LogP contribution in [0.4, 0.5) is 0 Å². The average molecular weight is 296 g/mol. The van der Waals surface area contributed by atoms with E-state index in [0.717, 1.165) is 10.6 Å². The molecule has 0 aromatic carbocycles. The number of H-pyrrole nitrogens is 1. The summed E-state index contributed by atoms with van der Waals surface area (Å²) in [5, 5.41) is 5.89. The number of sulfone groups is 1. The number of sulfonamides is 1. The van der Waals surface area contributed by atoms with Crippen LogP contribution in [0.1, 0.15) is 5.56 Å². The van der Waals surface area contributed by atoms with Gasteiger partial charge in [0.2, 0.25) is 0 Å². The fourth-order valence-electron chi connectivity index (χ4n) is 1.24. The Morgan fingerprint density at radius 1 is 1.39 bits per heavy atom. The summed E-state index contributed by atoms with van der Waals surface area (Å²) < 4.78 is 47.2. The van der Waals surface area contributed by atoms with Crippen LogP contribution in [-0.2, 0) is 26.4 Å². The first-order chi connectivity index (χ1) is 8.18. The summed E-state index contributed by atoms with van der Waals surface area (Å²) in [5.74, 6) is -0.241. The summed E-state index contributed by atoms with van der Waals surface area (Å²) in [5.41, 5.74) is 5.76. The lowest BCUT2D eigenvalue weighted by atomic mass is 10.4. The van der Waals surface area contributed by atoms with Gasteiger partial charge in [-0.2, -0.15) is 9.40 Å². The largest absolute Gasteiger partial charge is 0.326 e. The molecule has 0 unspecified atom stereocenters. The maximum absolute atomic E-state index is 12.1. The first-order valence-electron chi connectivity index (χ1n) is 5.05. The molecule has 1 aromatic heterocycles. The van der Waals surface area contributed by atoms with Crippen molar-refractivity contribution in [2.75, 3.05) is 25.6 Å². The maximum Gasteiger partial charge on any atom is 0.260 e. The van der Waals surface area contributed by atoms with Gasteiger partial charge in [-0.25, -0.2) is 16.8 Å². The van der Waals surface area contributed by atoms with Crippen molar-refractivity contribution < 1.29 is 16.8 Å². The smallest absolute Gasteiger partial charge is 0.260 e. The first-order valence-corrected chi connectivity index (χ1v) is 8.55. The standard InChI is InChI=1S/C8H16N4O4S2/c1-12(3-4-17(2,13)14)18(15,16)8-7(5-9)6-10-11-8/h6H,3-5,9H2,1-2H3,(H,10,11). The summed E-state index contributed by atoms with van der Waals surface area (Å²) in [6.45, 7) is -0.0881. The van der Waals surface area contributed by atoms with Crippen molar-refractivity contribution in [2.45, 2.75) is 11.6 Å². The third-order valence-electron chi connectivity index (χ3n) is 2.34. The van der Waals surface area contributed by atoms with Gasteiger partial charge in [0, 0.05) is 32.0 Å². The summed E-state index contributed by atoms with van der Waals surface area (Å²) in [6.07, 6.45) is 2.38. The normalized spacial score (nSPS) is 13.1. The van der Waals surface area contributed by atoms with E-state index in [1.165, 1.54) is 13.2 Å². The van der Waals surface area contributed by atoms with Gasteiger partial charge in [-0.05, 0) is 0 Å². The van der Waals surface area contributed by atoms with Gasteiger partial charge in [0.05, 0.1) is 11.9 Å². The molecule has 0 amide bonds. The lowest BCUT2D eigenvalue weighted by molar-refractivity contribution is 0.480. The monoisotopic (exact) mass is 296 g/mol. The number of nitrogens with zero attached hydrogens (tertiary/aromatic N) is 2. The van der Waals surface area contributed by atoms with Crippen LogP contribution < -0.4 is 5.73 Å². The molecule has 0 spiro atoms. The van der Waals surface area contributed by atoms with E-state index in [0.29, 0.717) is 5.56 Å². The second-order valence-electron chi connectivity index (χ2n) is 3.88. The van der Waals surface area contributed by atoms with Crippen LogP contribution in [0.3, 0.4) is 0 Å². The maximum atomic E-state index is 12.1. The molecule has 0 aliphatic heterocycles. The lowest BCUT2D eigenvalue weighted by Gasteiger charge is -2.16. The van der Waals surface area contributed by atoms with Gasteiger partial charge in [-0.3, -0.25) is 5.10 Å². The third-order valence-corrected chi connectivity index (χ3v) is 5.14. The highest BCUT2D eigenvalue weighted by Crippen LogP contribution is 2.15. The molecule has 0 fully saturated rings. The van der Waals surface area contributed by atoms with Crippen LogP contribution in [0.25, 0.3) is 0 Å². The van der Waals surface area contributed by atoms with Crippen molar-refractivity contribution in [3.63, 3.8) is 0 Å². The Balaban J connectivity index is 2.94. The summed E-state index contributed by atoms with van der Waals surface area (Å²) in [7, 11) is -5.70. The van der Waals surface area contributed by atoms with Gasteiger partial charge in [0.15, 0.2) is 5.03 Å². The van der Waals surface area contributed by atoms with Crippen LogP contribution in [0.15, 0.2) is 11.2 Å². The van der Waals surface area contributed by atoms with Crippen LogP contribution in [-0.4, -0.2) is 56.9 Å². The van der Waals surface area contributed by atoms with E-state index >= 15 is 0 Å². The van der Waals surface area contributed by atoms with Gasteiger partial charge >= 0.3 is 0 Å². The Morgan fingerprint density at radius 3 is 2.50 bits per heavy atom. The van der Waals surface area contributed by atoms with Crippen molar-refractivity contribution in [1.29, 1.82) is 0 Å². The second kappa shape index (κ2) is 5.34. The number of aromatic amines is 1. The van der Waals surface area contributed by atoms with Crippen molar-refractivity contribution in [2.24, 2.45) is 5.73 Å².